The normalized spacial score (nSPS) is 23.0. The van der Waals surface area contributed by atoms with E-state index in [2.05, 4.69) is 0 Å². The van der Waals surface area contributed by atoms with E-state index in [1.165, 1.54) is 0 Å². The van der Waals surface area contributed by atoms with Gasteiger partial charge >= 0.3 is 6.09 Å². The van der Waals surface area contributed by atoms with Gasteiger partial charge in [-0.1, -0.05) is 13.8 Å². The monoisotopic (exact) mass is 243 g/mol. The van der Waals surface area contributed by atoms with Crippen LogP contribution in [0.15, 0.2) is 0 Å². The molecule has 1 aliphatic rings. The van der Waals surface area contributed by atoms with Crippen molar-refractivity contribution >= 4 is 6.09 Å². The van der Waals surface area contributed by atoms with Crippen LogP contribution in [0.4, 0.5) is 4.79 Å². The van der Waals surface area contributed by atoms with Crippen LogP contribution in [0.1, 0.15) is 41.0 Å². The van der Waals surface area contributed by atoms with E-state index in [-0.39, 0.29) is 24.0 Å². The fourth-order valence-electron chi connectivity index (χ4n) is 2.10. The zero-order valence-corrected chi connectivity index (χ0v) is 11.6. The number of hydrogen-bond acceptors (Lipinski definition) is 3. The molecule has 0 aromatic heterocycles. The topological polar surface area (TPSA) is 49.8 Å². The highest BCUT2D eigenvalue weighted by Gasteiger charge is 2.34. The summed E-state index contributed by atoms with van der Waals surface area (Å²) in [6.45, 7) is 10.9. The highest BCUT2D eigenvalue weighted by molar-refractivity contribution is 5.68. The average molecular weight is 243 g/mol. The van der Waals surface area contributed by atoms with Crippen LogP contribution in [0.2, 0.25) is 0 Å². The standard InChI is InChI=1S/C13H25NO3/c1-9(2)11(15)10-6-7-14(8-10)12(16)17-13(3,4)5/h9-11,15H,6-8H2,1-5H3. The summed E-state index contributed by atoms with van der Waals surface area (Å²) >= 11 is 0. The third kappa shape index (κ3) is 4.19. The molecule has 1 rings (SSSR count). The fraction of sp³-hybridized carbons (Fsp3) is 0.923. The van der Waals surface area contributed by atoms with Crippen LogP contribution < -0.4 is 0 Å². The van der Waals surface area contributed by atoms with Crippen molar-refractivity contribution in [2.45, 2.75) is 52.7 Å². The minimum absolute atomic E-state index is 0.183. The minimum atomic E-state index is -0.453. The van der Waals surface area contributed by atoms with Crippen molar-refractivity contribution in [3.05, 3.63) is 0 Å². The molecule has 2 atom stereocenters. The number of amides is 1. The lowest BCUT2D eigenvalue weighted by Crippen LogP contribution is -2.36. The third-order valence-corrected chi connectivity index (χ3v) is 3.04. The first-order chi connectivity index (χ1) is 7.70. The lowest BCUT2D eigenvalue weighted by molar-refractivity contribution is 0.0247. The Morgan fingerprint density at radius 1 is 1.41 bits per heavy atom. The van der Waals surface area contributed by atoms with Crippen molar-refractivity contribution in [3.8, 4) is 0 Å². The maximum Gasteiger partial charge on any atom is 0.410 e. The zero-order chi connectivity index (χ0) is 13.2. The summed E-state index contributed by atoms with van der Waals surface area (Å²) in [6, 6.07) is 0. The number of hydrogen-bond donors (Lipinski definition) is 1. The molecule has 4 heteroatoms. The molecule has 1 amide bonds. The van der Waals surface area contributed by atoms with Crippen molar-refractivity contribution in [1.82, 2.24) is 4.90 Å². The first kappa shape index (κ1) is 14.3. The molecule has 17 heavy (non-hydrogen) atoms. The second-order valence-electron chi connectivity index (χ2n) is 6.21. The summed E-state index contributed by atoms with van der Waals surface area (Å²) in [4.78, 5) is 13.5. The van der Waals surface area contributed by atoms with Crippen LogP contribution in [0.3, 0.4) is 0 Å². The van der Waals surface area contributed by atoms with Gasteiger partial charge in [0, 0.05) is 19.0 Å². The molecule has 0 aromatic carbocycles. The molecule has 1 N–H and O–H groups in total. The van der Waals surface area contributed by atoms with E-state index in [0.29, 0.717) is 13.1 Å². The summed E-state index contributed by atoms with van der Waals surface area (Å²) in [7, 11) is 0. The molecule has 1 saturated heterocycles. The van der Waals surface area contributed by atoms with Crippen LogP contribution >= 0.6 is 0 Å². The highest BCUT2D eigenvalue weighted by Crippen LogP contribution is 2.25. The van der Waals surface area contributed by atoms with Crippen molar-refractivity contribution in [2.24, 2.45) is 11.8 Å². The van der Waals surface area contributed by atoms with Gasteiger partial charge in [-0.25, -0.2) is 4.79 Å². The number of carbonyl (C=O) groups excluding carboxylic acids is 1. The number of carbonyl (C=O) groups is 1. The maximum absolute atomic E-state index is 11.8. The molecule has 0 radical (unpaired) electrons. The number of nitrogens with zero attached hydrogens (tertiary/aromatic N) is 1. The number of aliphatic hydroxyl groups excluding tert-OH is 1. The highest BCUT2D eigenvalue weighted by atomic mass is 16.6. The number of ether oxygens (including phenoxy) is 1. The second-order valence-corrected chi connectivity index (χ2v) is 6.21. The third-order valence-electron chi connectivity index (χ3n) is 3.04. The van der Waals surface area contributed by atoms with Crippen LogP contribution in [-0.2, 0) is 4.74 Å². The van der Waals surface area contributed by atoms with Gasteiger partial charge in [0.15, 0.2) is 0 Å². The van der Waals surface area contributed by atoms with Crippen molar-refractivity contribution in [2.75, 3.05) is 13.1 Å². The van der Waals surface area contributed by atoms with E-state index in [4.69, 9.17) is 4.74 Å². The summed E-state index contributed by atoms with van der Waals surface area (Å²) < 4.78 is 5.32. The fourth-order valence-corrected chi connectivity index (χ4v) is 2.10. The van der Waals surface area contributed by atoms with Gasteiger partial charge in [0.05, 0.1) is 6.10 Å². The van der Waals surface area contributed by atoms with Crippen molar-refractivity contribution in [1.29, 1.82) is 0 Å². The van der Waals surface area contributed by atoms with Gasteiger partial charge in [-0.2, -0.15) is 0 Å². The molecular formula is C13H25NO3. The van der Waals surface area contributed by atoms with Gasteiger partial charge in [0.1, 0.15) is 5.60 Å². The molecule has 0 aromatic rings. The Morgan fingerprint density at radius 2 is 2.00 bits per heavy atom. The van der Waals surface area contributed by atoms with Crippen LogP contribution in [0, 0.1) is 11.8 Å². The molecule has 0 spiro atoms. The summed E-state index contributed by atoms with van der Waals surface area (Å²) in [5.41, 5.74) is -0.453. The average Bonchev–Trinajstić information content (AvgIpc) is 2.62. The van der Waals surface area contributed by atoms with Crippen molar-refractivity contribution < 1.29 is 14.6 Å². The zero-order valence-electron chi connectivity index (χ0n) is 11.6. The van der Waals surface area contributed by atoms with Gasteiger partial charge in [-0.3, -0.25) is 0 Å². The first-order valence-corrected chi connectivity index (χ1v) is 6.36. The Kier molecular flexibility index (Phi) is 4.42. The van der Waals surface area contributed by atoms with Gasteiger partial charge < -0.3 is 14.7 Å². The lowest BCUT2D eigenvalue weighted by Gasteiger charge is -2.25. The summed E-state index contributed by atoms with van der Waals surface area (Å²) in [5.74, 6) is 0.418. The Labute approximate surface area is 104 Å². The van der Waals surface area contributed by atoms with E-state index in [1.54, 1.807) is 4.90 Å². The predicted octanol–water partition coefficient (Wildman–Crippen LogP) is 2.26. The van der Waals surface area contributed by atoms with Crippen molar-refractivity contribution in [3.63, 3.8) is 0 Å². The smallest absolute Gasteiger partial charge is 0.410 e. The summed E-state index contributed by atoms with van der Waals surface area (Å²) in [6.07, 6.45) is 0.261. The van der Waals surface area contributed by atoms with Crippen LogP contribution in [0.25, 0.3) is 0 Å². The Hall–Kier alpha value is -0.770. The molecule has 100 valence electrons. The van der Waals surface area contributed by atoms with E-state index in [1.807, 2.05) is 34.6 Å². The molecule has 1 fully saturated rings. The molecule has 1 heterocycles. The van der Waals surface area contributed by atoms with E-state index in [0.717, 1.165) is 6.42 Å². The lowest BCUT2D eigenvalue weighted by atomic mass is 9.93. The van der Waals surface area contributed by atoms with Gasteiger partial charge in [0.2, 0.25) is 0 Å². The maximum atomic E-state index is 11.8. The van der Waals surface area contributed by atoms with Crippen LogP contribution in [0.5, 0.6) is 0 Å². The Balaban J connectivity index is 2.48. The van der Waals surface area contributed by atoms with E-state index >= 15 is 0 Å². The quantitative estimate of drug-likeness (QED) is 0.809. The number of likely N-dealkylation sites (tertiary alicyclic amines) is 1. The number of rotatable bonds is 2. The Morgan fingerprint density at radius 3 is 2.47 bits per heavy atom. The largest absolute Gasteiger partial charge is 0.444 e. The molecule has 0 bridgehead atoms. The first-order valence-electron chi connectivity index (χ1n) is 6.36. The van der Waals surface area contributed by atoms with E-state index in [9.17, 15) is 9.90 Å². The minimum Gasteiger partial charge on any atom is -0.444 e. The van der Waals surface area contributed by atoms with E-state index < -0.39 is 5.60 Å². The molecule has 1 aliphatic heterocycles. The molecule has 0 saturated carbocycles. The van der Waals surface area contributed by atoms with Crippen LogP contribution in [-0.4, -0.2) is 40.9 Å². The predicted molar refractivity (Wildman–Crippen MR) is 66.8 cm³/mol. The molecule has 4 nitrogen and oxygen atoms in total. The van der Waals surface area contributed by atoms with Gasteiger partial charge in [0.25, 0.3) is 0 Å². The second kappa shape index (κ2) is 5.25. The van der Waals surface area contributed by atoms with Gasteiger partial charge in [-0.15, -0.1) is 0 Å². The Bertz CT molecular complexity index is 270. The summed E-state index contributed by atoms with van der Waals surface area (Å²) in [5, 5.41) is 9.98. The molecular weight excluding hydrogens is 218 g/mol. The molecule has 2 unspecified atom stereocenters. The SMILES string of the molecule is CC(C)C(O)C1CCN(C(=O)OC(C)(C)C)C1. The molecule has 0 aliphatic carbocycles. The van der Waals surface area contributed by atoms with Gasteiger partial charge in [-0.05, 0) is 33.1 Å². The number of aliphatic hydroxyl groups is 1.